The molecule has 1 aromatic carbocycles. The van der Waals surface area contributed by atoms with Crippen LogP contribution in [-0.4, -0.2) is 42.5 Å². The van der Waals surface area contributed by atoms with Crippen LogP contribution in [0.25, 0.3) is 0 Å². The first-order valence-corrected chi connectivity index (χ1v) is 9.91. The van der Waals surface area contributed by atoms with E-state index in [4.69, 9.17) is 0 Å². The van der Waals surface area contributed by atoms with Crippen molar-refractivity contribution >= 4 is 15.9 Å². The number of carbonyl (C=O) groups is 1. The Balaban J connectivity index is 1.49. The van der Waals surface area contributed by atoms with Gasteiger partial charge in [-0.15, -0.1) is 0 Å². The van der Waals surface area contributed by atoms with Gasteiger partial charge in [-0.05, 0) is 36.1 Å². The van der Waals surface area contributed by atoms with Gasteiger partial charge in [0, 0.05) is 25.8 Å². The van der Waals surface area contributed by atoms with Crippen LogP contribution in [0.3, 0.4) is 0 Å². The molecular formula is C18H21N3O3S. The highest BCUT2D eigenvalue weighted by atomic mass is 32.2. The Bertz CT molecular complexity index is 838. The number of aromatic nitrogens is 1. The van der Waals surface area contributed by atoms with Gasteiger partial charge in [-0.2, -0.15) is 4.31 Å². The van der Waals surface area contributed by atoms with Gasteiger partial charge in [0.1, 0.15) is 5.69 Å². The Labute approximate surface area is 147 Å². The van der Waals surface area contributed by atoms with E-state index in [1.807, 2.05) is 24.3 Å². The minimum Gasteiger partial charge on any atom is -0.351 e. The van der Waals surface area contributed by atoms with Crippen LogP contribution in [0.4, 0.5) is 0 Å². The van der Waals surface area contributed by atoms with Crippen molar-refractivity contribution < 1.29 is 13.2 Å². The van der Waals surface area contributed by atoms with Gasteiger partial charge in [-0.1, -0.05) is 30.3 Å². The predicted molar refractivity (Wildman–Crippen MR) is 95.5 cm³/mol. The van der Waals surface area contributed by atoms with Gasteiger partial charge in [-0.25, -0.2) is 8.42 Å². The molecule has 2 aromatic rings. The van der Waals surface area contributed by atoms with E-state index in [1.54, 1.807) is 24.4 Å². The maximum Gasteiger partial charge on any atom is 0.269 e. The summed E-state index contributed by atoms with van der Waals surface area (Å²) in [5.74, 6) is -0.262. The first-order chi connectivity index (χ1) is 12.1. The van der Waals surface area contributed by atoms with Crippen LogP contribution >= 0.6 is 0 Å². The van der Waals surface area contributed by atoms with Crippen molar-refractivity contribution in [1.29, 1.82) is 0 Å². The lowest BCUT2D eigenvalue weighted by molar-refractivity contribution is 0.0948. The van der Waals surface area contributed by atoms with E-state index in [2.05, 4.69) is 10.3 Å². The van der Waals surface area contributed by atoms with E-state index >= 15 is 0 Å². The van der Waals surface area contributed by atoms with Gasteiger partial charge in [-0.3, -0.25) is 9.78 Å². The fourth-order valence-electron chi connectivity index (χ4n) is 2.88. The van der Waals surface area contributed by atoms with Crippen LogP contribution in [0.5, 0.6) is 0 Å². The number of nitrogens with one attached hydrogen (secondary N) is 1. The molecule has 1 aliphatic rings. The van der Waals surface area contributed by atoms with Crippen molar-refractivity contribution in [3.8, 4) is 0 Å². The number of hydrogen-bond acceptors (Lipinski definition) is 4. The highest BCUT2D eigenvalue weighted by Gasteiger charge is 2.26. The zero-order valence-electron chi connectivity index (χ0n) is 13.9. The molecule has 0 aliphatic carbocycles. The van der Waals surface area contributed by atoms with Crippen LogP contribution in [0.15, 0.2) is 48.7 Å². The summed E-state index contributed by atoms with van der Waals surface area (Å²) >= 11 is 0. The number of hydrogen-bond donors (Lipinski definition) is 1. The fraction of sp³-hybridized carbons (Fsp3) is 0.333. The molecule has 0 fully saturated rings. The van der Waals surface area contributed by atoms with Crippen LogP contribution in [0.2, 0.25) is 0 Å². The minimum atomic E-state index is -3.32. The molecule has 2 heterocycles. The molecule has 0 saturated carbocycles. The lowest BCUT2D eigenvalue weighted by atomic mass is 10.0. The topological polar surface area (TPSA) is 79.4 Å². The molecule has 0 spiro atoms. The first kappa shape index (κ1) is 17.6. The number of benzene rings is 1. The highest BCUT2D eigenvalue weighted by molar-refractivity contribution is 7.89. The minimum absolute atomic E-state index is 0.0255. The summed E-state index contributed by atoms with van der Waals surface area (Å²) in [6, 6.07) is 13.0. The van der Waals surface area contributed by atoms with E-state index in [0.717, 1.165) is 12.0 Å². The van der Waals surface area contributed by atoms with Crippen molar-refractivity contribution in [1.82, 2.24) is 14.6 Å². The second-order valence-electron chi connectivity index (χ2n) is 5.99. The normalized spacial score (nSPS) is 14.7. The van der Waals surface area contributed by atoms with Crippen LogP contribution in [0.1, 0.15) is 28.0 Å². The molecule has 0 unspecified atom stereocenters. The second kappa shape index (κ2) is 7.76. The maximum atomic E-state index is 12.5. The lowest BCUT2D eigenvalue weighted by Gasteiger charge is -2.28. The Kier molecular flexibility index (Phi) is 5.45. The third-order valence-corrected chi connectivity index (χ3v) is 6.15. The summed E-state index contributed by atoms with van der Waals surface area (Å²) < 4.78 is 26.6. The van der Waals surface area contributed by atoms with E-state index in [0.29, 0.717) is 31.7 Å². The van der Waals surface area contributed by atoms with E-state index in [9.17, 15) is 13.2 Å². The van der Waals surface area contributed by atoms with Gasteiger partial charge >= 0.3 is 0 Å². The van der Waals surface area contributed by atoms with E-state index in [1.165, 1.54) is 9.87 Å². The number of amides is 1. The standard InChI is InChI=1S/C18H21N3O3S/c22-18(17-8-3-4-10-19-17)20-11-5-13-25(23,24)21-12-9-15-6-1-2-7-16(15)14-21/h1-4,6-8,10H,5,9,11-14H2,(H,20,22). The zero-order chi connectivity index (χ0) is 17.7. The van der Waals surface area contributed by atoms with Crippen molar-refractivity contribution in [3.63, 3.8) is 0 Å². The van der Waals surface area contributed by atoms with Crippen LogP contribution in [0, 0.1) is 0 Å². The quantitative estimate of drug-likeness (QED) is 0.795. The monoisotopic (exact) mass is 359 g/mol. The second-order valence-corrected chi connectivity index (χ2v) is 8.08. The van der Waals surface area contributed by atoms with Gasteiger partial charge in [0.05, 0.1) is 5.75 Å². The number of sulfonamides is 1. The van der Waals surface area contributed by atoms with Crippen LogP contribution in [-0.2, 0) is 23.0 Å². The Morgan fingerprint density at radius 3 is 2.64 bits per heavy atom. The number of rotatable bonds is 6. The van der Waals surface area contributed by atoms with Crippen molar-refractivity contribution in [3.05, 3.63) is 65.5 Å². The Morgan fingerprint density at radius 1 is 1.12 bits per heavy atom. The highest BCUT2D eigenvalue weighted by Crippen LogP contribution is 2.21. The summed E-state index contributed by atoms with van der Waals surface area (Å²) in [6.45, 7) is 1.25. The van der Waals surface area contributed by atoms with Crippen molar-refractivity contribution in [2.45, 2.75) is 19.4 Å². The first-order valence-electron chi connectivity index (χ1n) is 8.30. The fourth-order valence-corrected chi connectivity index (χ4v) is 4.35. The smallest absolute Gasteiger partial charge is 0.269 e. The number of fused-ring (bicyclic) bond motifs is 1. The summed E-state index contributed by atoms with van der Waals surface area (Å²) in [7, 11) is -3.32. The molecule has 0 atom stereocenters. The molecule has 1 aromatic heterocycles. The van der Waals surface area contributed by atoms with E-state index < -0.39 is 10.0 Å². The Hall–Kier alpha value is -2.25. The molecule has 1 N–H and O–H groups in total. The van der Waals surface area contributed by atoms with Crippen LogP contribution < -0.4 is 5.32 Å². The Morgan fingerprint density at radius 2 is 1.88 bits per heavy atom. The van der Waals surface area contributed by atoms with Gasteiger partial charge in [0.2, 0.25) is 10.0 Å². The maximum absolute atomic E-state index is 12.5. The largest absolute Gasteiger partial charge is 0.351 e. The van der Waals surface area contributed by atoms with Gasteiger partial charge in [0.25, 0.3) is 5.91 Å². The van der Waals surface area contributed by atoms with Crippen molar-refractivity contribution in [2.75, 3.05) is 18.8 Å². The zero-order valence-corrected chi connectivity index (χ0v) is 14.7. The average Bonchev–Trinajstić information content (AvgIpc) is 2.65. The molecule has 0 radical (unpaired) electrons. The summed E-state index contributed by atoms with van der Waals surface area (Å²) in [5, 5.41) is 2.71. The molecule has 6 nitrogen and oxygen atoms in total. The van der Waals surface area contributed by atoms with E-state index in [-0.39, 0.29) is 11.7 Å². The molecule has 3 rings (SSSR count). The van der Waals surface area contributed by atoms with Gasteiger partial charge in [0.15, 0.2) is 0 Å². The van der Waals surface area contributed by atoms with Gasteiger partial charge < -0.3 is 5.32 Å². The predicted octanol–water partition coefficient (Wildman–Crippen LogP) is 1.59. The molecule has 0 saturated heterocycles. The molecule has 0 bridgehead atoms. The summed E-state index contributed by atoms with van der Waals surface area (Å²) in [5.41, 5.74) is 2.62. The number of nitrogens with zero attached hydrogens (tertiary/aromatic N) is 2. The molecule has 1 amide bonds. The SMILES string of the molecule is O=C(NCCCS(=O)(=O)N1CCc2ccccc2C1)c1ccccn1. The molecular weight excluding hydrogens is 338 g/mol. The molecule has 7 heteroatoms. The summed E-state index contributed by atoms with van der Waals surface area (Å²) in [4.78, 5) is 15.8. The average molecular weight is 359 g/mol. The third kappa shape index (κ3) is 4.43. The molecule has 25 heavy (non-hydrogen) atoms. The third-order valence-electron chi connectivity index (χ3n) is 4.25. The number of carbonyl (C=O) groups excluding carboxylic acids is 1. The van der Waals surface area contributed by atoms with Crippen molar-refractivity contribution in [2.24, 2.45) is 0 Å². The number of pyridine rings is 1. The molecule has 132 valence electrons. The molecule has 1 aliphatic heterocycles. The lowest BCUT2D eigenvalue weighted by Crippen LogP contribution is -2.38. The summed E-state index contributed by atoms with van der Waals surface area (Å²) in [6.07, 6.45) is 2.67.